The molecule has 1 fully saturated rings. The Hall–Kier alpha value is -1.06. The molecule has 4 heteroatoms. The quantitative estimate of drug-likeness (QED) is 0.880. The van der Waals surface area contributed by atoms with Gasteiger partial charge < -0.3 is 11.1 Å². The van der Waals surface area contributed by atoms with Gasteiger partial charge in [-0.15, -0.1) is 0 Å². The van der Waals surface area contributed by atoms with Crippen LogP contribution in [-0.4, -0.2) is 11.9 Å². The Balaban J connectivity index is 1.80. The summed E-state index contributed by atoms with van der Waals surface area (Å²) in [5.74, 6) is 0.411. The highest BCUT2D eigenvalue weighted by Crippen LogP contribution is 2.26. The number of nitrogens with two attached hydrogens (primary N) is 1. The first-order chi connectivity index (χ1) is 8.66. The summed E-state index contributed by atoms with van der Waals surface area (Å²) in [5, 5.41) is 3.60. The van der Waals surface area contributed by atoms with E-state index in [4.69, 9.17) is 17.3 Å². The fourth-order valence-corrected chi connectivity index (χ4v) is 2.67. The number of rotatable bonds is 4. The molecule has 0 bridgehead atoms. The number of carbonyl (C=O) groups is 1. The Kier molecular flexibility index (Phi) is 4.61. The monoisotopic (exact) mass is 266 g/mol. The number of halogens is 1. The smallest absolute Gasteiger partial charge is 0.220 e. The molecule has 0 aromatic heterocycles. The van der Waals surface area contributed by atoms with Gasteiger partial charge in [-0.25, -0.2) is 0 Å². The van der Waals surface area contributed by atoms with Crippen LogP contribution in [0.25, 0.3) is 0 Å². The first-order valence-electron chi connectivity index (χ1n) is 6.42. The molecule has 1 aliphatic carbocycles. The van der Waals surface area contributed by atoms with Crippen LogP contribution in [0.2, 0.25) is 5.02 Å². The van der Waals surface area contributed by atoms with Gasteiger partial charge in [-0.2, -0.15) is 0 Å². The third kappa shape index (κ3) is 3.47. The van der Waals surface area contributed by atoms with Crippen LogP contribution in [0.5, 0.6) is 0 Å². The van der Waals surface area contributed by atoms with Gasteiger partial charge in [0.2, 0.25) is 5.91 Å². The molecule has 1 saturated carbocycles. The van der Waals surface area contributed by atoms with Gasteiger partial charge in [-0.1, -0.05) is 36.2 Å². The van der Waals surface area contributed by atoms with Gasteiger partial charge >= 0.3 is 0 Å². The maximum absolute atomic E-state index is 11.8. The number of hydrogen-bond donors (Lipinski definition) is 2. The molecule has 1 amide bonds. The van der Waals surface area contributed by atoms with Gasteiger partial charge in [-0.3, -0.25) is 4.79 Å². The third-order valence-corrected chi connectivity index (χ3v) is 3.97. The second-order valence-corrected chi connectivity index (χ2v) is 5.33. The molecule has 2 atom stereocenters. The average molecular weight is 267 g/mol. The van der Waals surface area contributed by atoms with Crippen molar-refractivity contribution in [3.8, 4) is 0 Å². The lowest BCUT2D eigenvalue weighted by Crippen LogP contribution is -2.31. The van der Waals surface area contributed by atoms with Crippen molar-refractivity contribution in [3.63, 3.8) is 0 Å². The minimum atomic E-state index is 0.0669. The van der Waals surface area contributed by atoms with E-state index in [1.54, 1.807) is 0 Å². The van der Waals surface area contributed by atoms with E-state index in [2.05, 4.69) is 5.32 Å². The van der Waals surface area contributed by atoms with E-state index < -0.39 is 0 Å². The van der Waals surface area contributed by atoms with Crippen molar-refractivity contribution >= 4 is 17.5 Å². The molecule has 0 unspecified atom stereocenters. The Bertz CT molecular complexity index is 422. The van der Waals surface area contributed by atoms with Crippen LogP contribution in [0.4, 0.5) is 0 Å². The normalized spacial score (nSPS) is 23.0. The van der Waals surface area contributed by atoms with Gasteiger partial charge in [0.15, 0.2) is 0 Å². The topological polar surface area (TPSA) is 55.1 Å². The van der Waals surface area contributed by atoms with Crippen molar-refractivity contribution in [3.05, 3.63) is 34.9 Å². The van der Waals surface area contributed by atoms with E-state index in [-0.39, 0.29) is 11.9 Å². The van der Waals surface area contributed by atoms with Gasteiger partial charge in [0.1, 0.15) is 0 Å². The van der Waals surface area contributed by atoms with Crippen LogP contribution < -0.4 is 11.1 Å². The molecule has 0 spiro atoms. The van der Waals surface area contributed by atoms with Crippen molar-refractivity contribution in [2.75, 3.05) is 0 Å². The number of amides is 1. The Morgan fingerprint density at radius 1 is 1.39 bits per heavy atom. The molecular weight excluding hydrogens is 248 g/mol. The molecule has 3 N–H and O–H groups in total. The largest absolute Gasteiger partial charge is 0.352 e. The molecule has 2 rings (SSSR count). The van der Waals surface area contributed by atoms with Gasteiger partial charge in [0, 0.05) is 24.0 Å². The Morgan fingerprint density at radius 3 is 2.83 bits per heavy atom. The molecule has 0 radical (unpaired) electrons. The first-order valence-corrected chi connectivity index (χ1v) is 6.80. The van der Waals surface area contributed by atoms with Crippen molar-refractivity contribution < 1.29 is 4.79 Å². The minimum Gasteiger partial charge on any atom is -0.352 e. The summed E-state index contributed by atoms with van der Waals surface area (Å²) in [6.45, 7) is 0.487. The van der Waals surface area contributed by atoms with E-state index in [0.29, 0.717) is 23.9 Å². The molecule has 1 aliphatic rings. The first kappa shape index (κ1) is 13.4. The molecule has 1 aromatic carbocycles. The number of hydrogen-bond acceptors (Lipinski definition) is 2. The van der Waals surface area contributed by atoms with Crippen LogP contribution in [0.1, 0.15) is 31.2 Å². The van der Waals surface area contributed by atoms with E-state index in [9.17, 15) is 4.79 Å². The summed E-state index contributed by atoms with van der Waals surface area (Å²) in [6.07, 6.45) is 3.79. The van der Waals surface area contributed by atoms with E-state index in [1.165, 1.54) is 0 Å². The van der Waals surface area contributed by atoms with Crippen LogP contribution in [0, 0.1) is 5.92 Å². The summed E-state index contributed by atoms with van der Waals surface area (Å²) < 4.78 is 0. The van der Waals surface area contributed by atoms with Crippen LogP contribution in [-0.2, 0) is 11.3 Å². The molecule has 0 aliphatic heterocycles. The summed E-state index contributed by atoms with van der Waals surface area (Å²) >= 11 is 6.03. The summed E-state index contributed by atoms with van der Waals surface area (Å²) in [7, 11) is 0. The lowest BCUT2D eigenvalue weighted by atomic mass is 10.00. The minimum absolute atomic E-state index is 0.0669. The van der Waals surface area contributed by atoms with Crippen molar-refractivity contribution in [1.29, 1.82) is 0 Å². The Labute approximate surface area is 113 Å². The second kappa shape index (κ2) is 6.21. The van der Waals surface area contributed by atoms with Gasteiger partial charge in [-0.05, 0) is 30.4 Å². The molecule has 0 heterocycles. The van der Waals surface area contributed by atoms with E-state index in [0.717, 1.165) is 24.8 Å². The lowest BCUT2D eigenvalue weighted by molar-refractivity contribution is -0.122. The van der Waals surface area contributed by atoms with Crippen LogP contribution in [0.3, 0.4) is 0 Å². The summed E-state index contributed by atoms with van der Waals surface area (Å²) in [4.78, 5) is 11.8. The predicted octanol–water partition coefficient (Wildman–Crippen LogP) is 2.47. The van der Waals surface area contributed by atoms with Crippen LogP contribution in [0.15, 0.2) is 24.3 Å². The fraction of sp³-hybridized carbons (Fsp3) is 0.500. The van der Waals surface area contributed by atoms with E-state index >= 15 is 0 Å². The van der Waals surface area contributed by atoms with Gasteiger partial charge in [0.05, 0.1) is 0 Å². The maximum Gasteiger partial charge on any atom is 0.220 e. The molecule has 1 aromatic rings. The average Bonchev–Trinajstić information content (AvgIpc) is 2.74. The van der Waals surface area contributed by atoms with Crippen LogP contribution >= 0.6 is 11.6 Å². The van der Waals surface area contributed by atoms with Crippen molar-refractivity contribution in [2.45, 2.75) is 38.3 Å². The second-order valence-electron chi connectivity index (χ2n) is 4.93. The number of benzene rings is 1. The number of nitrogens with one attached hydrogen (secondary N) is 1. The Morgan fingerprint density at radius 2 is 2.17 bits per heavy atom. The molecular formula is C14H19ClN2O. The molecule has 0 saturated heterocycles. The molecule has 3 nitrogen and oxygen atoms in total. The summed E-state index contributed by atoms with van der Waals surface area (Å²) in [6, 6.07) is 7.74. The zero-order chi connectivity index (χ0) is 13.0. The lowest BCUT2D eigenvalue weighted by Gasteiger charge is -2.15. The SMILES string of the molecule is N[C@@H]1CCC[C@H]1CC(=O)NCc1ccccc1Cl. The third-order valence-electron chi connectivity index (χ3n) is 3.60. The highest BCUT2D eigenvalue weighted by atomic mass is 35.5. The molecule has 18 heavy (non-hydrogen) atoms. The maximum atomic E-state index is 11.8. The molecule has 98 valence electrons. The van der Waals surface area contributed by atoms with Crippen molar-refractivity contribution in [2.24, 2.45) is 11.7 Å². The fourth-order valence-electron chi connectivity index (χ4n) is 2.46. The van der Waals surface area contributed by atoms with Crippen molar-refractivity contribution in [1.82, 2.24) is 5.32 Å². The standard InChI is InChI=1S/C14H19ClN2O/c15-12-6-2-1-4-11(12)9-17-14(18)8-10-5-3-7-13(10)16/h1-2,4,6,10,13H,3,5,7-9,16H2,(H,17,18)/t10-,13+/m0/s1. The zero-order valence-electron chi connectivity index (χ0n) is 10.4. The van der Waals surface area contributed by atoms with Gasteiger partial charge in [0.25, 0.3) is 0 Å². The highest BCUT2D eigenvalue weighted by molar-refractivity contribution is 6.31. The predicted molar refractivity (Wildman–Crippen MR) is 73.2 cm³/mol. The van der Waals surface area contributed by atoms with E-state index in [1.807, 2.05) is 24.3 Å². The number of carbonyl (C=O) groups excluding carboxylic acids is 1. The highest BCUT2D eigenvalue weighted by Gasteiger charge is 2.25. The summed E-state index contributed by atoms with van der Waals surface area (Å²) in [5.41, 5.74) is 6.90. The zero-order valence-corrected chi connectivity index (χ0v) is 11.1.